The molecule has 4 aromatic heterocycles. The summed E-state index contributed by atoms with van der Waals surface area (Å²) in [5.41, 5.74) is 12.6. The van der Waals surface area contributed by atoms with Gasteiger partial charge in [-0.05, 0) is 98.7 Å². The first-order valence-corrected chi connectivity index (χ1v) is 27.8. The van der Waals surface area contributed by atoms with Gasteiger partial charge in [0.05, 0.1) is 58.1 Å². The Morgan fingerprint density at radius 1 is 0.934 bits per heavy atom. The number of phenolic OH excluding ortho intramolecular Hbond substituents is 1. The number of hydrogen-bond acceptors (Lipinski definition) is 17. The maximum Gasteiger partial charge on any atom is 0.238 e. The van der Waals surface area contributed by atoms with E-state index in [-0.39, 0.29) is 72.7 Å². The lowest BCUT2D eigenvalue weighted by Gasteiger charge is -2.41. The van der Waals surface area contributed by atoms with Crippen molar-refractivity contribution in [2.45, 2.75) is 134 Å². The fourth-order valence-electron chi connectivity index (χ4n) is 11.4. The molecule has 10 rings (SSSR count). The summed E-state index contributed by atoms with van der Waals surface area (Å²) in [7, 11) is 0. The topological polar surface area (TPSA) is 222 Å². The number of aromatic hydroxyl groups is 1. The smallest absolute Gasteiger partial charge is 0.238 e. The van der Waals surface area contributed by atoms with Crippen molar-refractivity contribution in [3.8, 4) is 33.3 Å². The zero-order valence-electron chi connectivity index (χ0n) is 43.7. The number of aliphatic hydroxyl groups is 2. The number of nitrogens with zero attached hydrogens (tertiary/aromatic N) is 8. The summed E-state index contributed by atoms with van der Waals surface area (Å²) in [5.74, 6) is 1.64. The third kappa shape index (κ3) is 12.3. The minimum atomic E-state index is -1.45. The van der Waals surface area contributed by atoms with Crippen molar-refractivity contribution < 1.29 is 38.5 Å². The summed E-state index contributed by atoms with van der Waals surface area (Å²) >= 11 is 1.60. The number of pyridine rings is 1. The van der Waals surface area contributed by atoms with Crippen LogP contribution in [-0.2, 0) is 16.0 Å². The monoisotopic (exact) mass is 1060 g/mol. The van der Waals surface area contributed by atoms with Gasteiger partial charge in [-0.1, -0.05) is 55.4 Å². The van der Waals surface area contributed by atoms with Crippen LogP contribution in [0.2, 0.25) is 0 Å². The molecule has 6 atom stereocenters. The number of alkyl halides is 1. The fraction of sp³-hybridized carbons (Fsp3) is 0.509. The number of nitrogens with one attached hydrogen (secondary N) is 1. The number of rotatable bonds is 19. The van der Waals surface area contributed by atoms with Crippen LogP contribution in [0.5, 0.6) is 11.6 Å². The molecule has 2 unspecified atom stereocenters. The van der Waals surface area contributed by atoms with Gasteiger partial charge in [0, 0.05) is 88.0 Å². The molecule has 2 aromatic carbocycles. The molecule has 3 aliphatic heterocycles. The maximum absolute atomic E-state index is 15.7. The summed E-state index contributed by atoms with van der Waals surface area (Å²) in [4.78, 5) is 30.3. The highest BCUT2D eigenvalue weighted by molar-refractivity contribution is 7.13. The average molecular weight is 1060 g/mol. The first kappa shape index (κ1) is 53.3. The number of para-hydroxylation sites is 1. The van der Waals surface area contributed by atoms with Crippen LogP contribution in [0.4, 0.5) is 16.0 Å². The Bertz CT molecular complexity index is 2890. The minimum Gasteiger partial charge on any atom is -0.507 e. The average Bonchev–Trinajstić information content (AvgIpc) is 4.18. The molecule has 6 aromatic rings. The van der Waals surface area contributed by atoms with Gasteiger partial charge < -0.3 is 50.2 Å². The van der Waals surface area contributed by atoms with E-state index in [2.05, 4.69) is 52.6 Å². The zero-order valence-corrected chi connectivity index (χ0v) is 44.6. The van der Waals surface area contributed by atoms with Crippen LogP contribution in [0, 0.1) is 18.8 Å². The molecule has 6 N–H and O–H groups in total. The number of thiazole rings is 1. The summed E-state index contributed by atoms with van der Waals surface area (Å²) in [6.45, 7) is 13.0. The normalized spacial score (nSPS) is 22.6. The molecule has 4 fully saturated rings. The van der Waals surface area contributed by atoms with Gasteiger partial charge in [-0.3, -0.25) is 9.69 Å². The number of carbonyl (C=O) groups excluding carboxylic acids is 1. The van der Waals surface area contributed by atoms with Crippen LogP contribution in [0.3, 0.4) is 0 Å². The molecule has 3 saturated heterocycles. The van der Waals surface area contributed by atoms with Crippen LogP contribution in [0.15, 0.2) is 89.0 Å². The van der Waals surface area contributed by atoms with Crippen molar-refractivity contribution in [1.82, 2.24) is 40.4 Å². The van der Waals surface area contributed by atoms with E-state index in [1.807, 2.05) is 51.4 Å². The molecule has 0 radical (unpaired) electrons. The number of aliphatic hydroxyl groups excluding tert-OH is 2. The van der Waals surface area contributed by atoms with E-state index in [0.29, 0.717) is 34.4 Å². The second-order valence-electron chi connectivity index (χ2n) is 21.7. The van der Waals surface area contributed by atoms with Gasteiger partial charge in [-0.15, -0.1) is 21.5 Å². The standard InChI is InChI=1S/C57H71FN10O7S/c1-33(2)53(57(72)68-31-40(69)25-48(68)56(71)62-34(3)38-9-11-39(12-10-38)54-35(4)61-32-76-54)50-29-51(65-75-50)67-21-14-36(15-22-67)30-66-19-16-41(17-20-66)73-42-26-43(27-42)74-52-24-37(13-18-60-52)23-46(58)45-28-47(63-64-55(45)59)44-7-5-6-8-49(44)70/h5-13,18,24,28-29,32-34,36,40-43,46,48,53,57,69-70,72H,14-17,19-23,25-27,30-31H2,1-4H3,(H2,59,64)(H,62,71)/t34-,40+,42?,43?,46?,48-,53+,57?/m0/s1. The van der Waals surface area contributed by atoms with E-state index in [1.54, 1.807) is 58.8 Å². The molecule has 404 valence electrons. The number of anilines is 2. The number of aryl methyl sites for hydroxylation is 1. The molecular formula is C57H71FN10O7S. The molecule has 19 heteroatoms. The van der Waals surface area contributed by atoms with E-state index in [1.165, 1.54) is 6.07 Å². The Labute approximate surface area is 447 Å². The Hall–Kier alpha value is -6.09. The number of piperidine rings is 2. The molecule has 17 nitrogen and oxygen atoms in total. The fourth-order valence-corrected chi connectivity index (χ4v) is 12.3. The summed E-state index contributed by atoms with van der Waals surface area (Å²) in [6.07, 6.45) is 4.60. The molecule has 1 saturated carbocycles. The van der Waals surface area contributed by atoms with E-state index < -0.39 is 30.5 Å². The number of carbonyl (C=O) groups is 1. The number of nitrogen functional groups attached to an aromatic ring is 1. The number of nitrogens with two attached hydrogens (primary N) is 1. The van der Waals surface area contributed by atoms with Crippen LogP contribution in [0.25, 0.3) is 21.7 Å². The SMILES string of the molecule is Cc1ncsc1-c1ccc([C@H](C)NC(=O)[C@@H]2C[C@@H](O)CN2C(O)[C@@H](c2cc(N3CCC(CN4CCC(OC5CC(Oc6cc(CC(F)c7cc(-c8ccccc8O)nnc7N)ccn6)C5)CC4)CC3)no2)C(C)C)cc1. The number of halogens is 1. The molecule has 0 bridgehead atoms. The van der Waals surface area contributed by atoms with Gasteiger partial charge in [-0.2, -0.15) is 0 Å². The van der Waals surface area contributed by atoms with Gasteiger partial charge in [0.1, 0.15) is 30.0 Å². The second-order valence-corrected chi connectivity index (χ2v) is 22.5. The van der Waals surface area contributed by atoms with Crippen molar-refractivity contribution in [3.05, 3.63) is 113 Å². The number of ether oxygens (including phenoxy) is 2. The van der Waals surface area contributed by atoms with Crippen molar-refractivity contribution in [3.63, 3.8) is 0 Å². The number of benzene rings is 2. The van der Waals surface area contributed by atoms with Crippen molar-refractivity contribution in [1.29, 1.82) is 0 Å². The molecule has 1 aliphatic carbocycles. The molecule has 4 aliphatic rings. The van der Waals surface area contributed by atoms with Crippen LogP contribution < -0.4 is 20.7 Å². The largest absolute Gasteiger partial charge is 0.507 e. The molecular weight excluding hydrogens is 988 g/mol. The number of phenols is 1. The lowest BCUT2D eigenvalue weighted by atomic mass is 9.90. The molecule has 1 amide bonds. The molecule has 76 heavy (non-hydrogen) atoms. The Morgan fingerprint density at radius 2 is 1.70 bits per heavy atom. The zero-order chi connectivity index (χ0) is 53.0. The minimum absolute atomic E-state index is 0.00382. The van der Waals surface area contributed by atoms with E-state index in [4.69, 9.17) is 19.7 Å². The van der Waals surface area contributed by atoms with E-state index >= 15 is 4.39 Å². The predicted molar refractivity (Wildman–Crippen MR) is 288 cm³/mol. The quantitative estimate of drug-likeness (QED) is 0.0516. The van der Waals surface area contributed by atoms with Gasteiger partial charge in [0.2, 0.25) is 11.8 Å². The first-order chi connectivity index (χ1) is 36.7. The number of β-amino-alcohol motifs (C(OH)–C–C–N with tert-alkyl or cyclic N) is 1. The second kappa shape index (κ2) is 23.7. The van der Waals surface area contributed by atoms with Crippen LogP contribution >= 0.6 is 11.3 Å². The summed E-state index contributed by atoms with van der Waals surface area (Å²) in [5, 5.41) is 48.8. The van der Waals surface area contributed by atoms with Crippen LogP contribution in [-0.4, -0.2) is 132 Å². The summed E-state index contributed by atoms with van der Waals surface area (Å²) < 4.78 is 34.5. The predicted octanol–water partition coefficient (Wildman–Crippen LogP) is 8.18. The summed E-state index contributed by atoms with van der Waals surface area (Å²) in [6, 6.07) is 20.9. The molecule has 7 heterocycles. The van der Waals surface area contributed by atoms with Crippen molar-refractivity contribution in [2.75, 3.05) is 49.9 Å². The van der Waals surface area contributed by atoms with Crippen molar-refractivity contribution >= 4 is 28.9 Å². The van der Waals surface area contributed by atoms with Gasteiger partial charge in [0.15, 0.2) is 11.6 Å². The third-order valence-electron chi connectivity index (χ3n) is 15.9. The lowest BCUT2D eigenvalue weighted by Crippen LogP contribution is -2.50. The Balaban J connectivity index is 0.638. The van der Waals surface area contributed by atoms with Crippen molar-refractivity contribution in [2.24, 2.45) is 11.8 Å². The van der Waals surface area contributed by atoms with Crippen LogP contribution in [0.1, 0.15) is 112 Å². The third-order valence-corrected chi connectivity index (χ3v) is 16.9. The van der Waals surface area contributed by atoms with E-state index in [9.17, 15) is 20.1 Å². The highest BCUT2D eigenvalue weighted by Gasteiger charge is 2.44. The maximum atomic E-state index is 15.7. The van der Waals surface area contributed by atoms with Gasteiger partial charge >= 0.3 is 0 Å². The first-order valence-electron chi connectivity index (χ1n) is 26.9. The van der Waals surface area contributed by atoms with Gasteiger partial charge in [0.25, 0.3) is 0 Å². The highest BCUT2D eigenvalue weighted by atomic mass is 32.1. The van der Waals surface area contributed by atoms with E-state index in [0.717, 1.165) is 98.8 Å². The Morgan fingerprint density at radius 3 is 2.42 bits per heavy atom. The lowest BCUT2D eigenvalue weighted by molar-refractivity contribution is -0.131. The number of hydrogen-bond donors (Lipinski definition) is 5. The van der Waals surface area contributed by atoms with Gasteiger partial charge in [-0.25, -0.2) is 14.4 Å². The Kier molecular flexibility index (Phi) is 16.6. The molecule has 0 spiro atoms. The number of likely N-dealkylation sites (tertiary alicyclic amines) is 2. The number of aromatic nitrogens is 5. The highest BCUT2D eigenvalue weighted by Crippen LogP contribution is 2.38. The number of amides is 1.